The number of hydrogen-bond donors (Lipinski definition) is 0. The molecule has 12 heavy (non-hydrogen) atoms. The van der Waals surface area contributed by atoms with Crippen molar-refractivity contribution in [1.29, 1.82) is 0 Å². The van der Waals surface area contributed by atoms with Gasteiger partial charge < -0.3 is 0 Å². The van der Waals surface area contributed by atoms with Gasteiger partial charge in [0.2, 0.25) is 0 Å². The summed E-state index contributed by atoms with van der Waals surface area (Å²) in [6, 6.07) is 0. The quantitative estimate of drug-likeness (QED) is 0.398. The number of unbranched alkanes of at least 4 members (excludes halogenated alkanes) is 4. The molecule has 0 aliphatic rings. The van der Waals surface area contributed by atoms with E-state index in [1.807, 2.05) is 0 Å². The molecule has 0 N–H and O–H groups in total. The zero-order valence-electron chi connectivity index (χ0n) is 8.94. The molecular formula is C11H26P+. The van der Waals surface area contributed by atoms with Gasteiger partial charge in [0.25, 0.3) is 0 Å². The van der Waals surface area contributed by atoms with Crippen LogP contribution in [0.25, 0.3) is 0 Å². The summed E-state index contributed by atoms with van der Waals surface area (Å²) in [6.45, 7) is 4.57. The molecule has 0 spiro atoms. The average molecular weight is 189 g/mol. The minimum absolute atomic E-state index is 0.997. The summed E-state index contributed by atoms with van der Waals surface area (Å²) in [5.74, 6) is 0. The van der Waals surface area contributed by atoms with Crippen molar-refractivity contribution < 1.29 is 0 Å². The van der Waals surface area contributed by atoms with Gasteiger partial charge in [0.15, 0.2) is 0 Å². The lowest BCUT2D eigenvalue weighted by molar-refractivity contribution is 0.580. The van der Waals surface area contributed by atoms with Gasteiger partial charge in [-0.1, -0.05) is 46.0 Å². The van der Waals surface area contributed by atoms with Crippen molar-refractivity contribution in [3.63, 3.8) is 0 Å². The lowest BCUT2D eigenvalue weighted by atomic mass is 10.1. The van der Waals surface area contributed by atoms with E-state index >= 15 is 0 Å². The maximum atomic E-state index is 2.29. The second kappa shape index (κ2) is 9.52. The normalized spacial score (nSPS) is 13.5. The molecule has 0 aliphatic carbocycles. The van der Waals surface area contributed by atoms with Gasteiger partial charge in [-0.25, -0.2) is 0 Å². The third-order valence-corrected chi connectivity index (χ3v) is 3.23. The van der Waals surface area contributed by atoms with E-state index in [4.69, 9.17) is 0 Å². The second-order valence-corrected chi connectivity index (χ2v) is 5.01. The molecule has 2 atom stereocenters. The van der Waals surface area contributed by atoms with Crippen molar-refractivity contribution in [2.24, 2.45) is 0 Å². The molecular weight excluding hydrogens is 163 g/mol. The van der Waals surface area contributed by atoms with Crippen molar-refractivity contribution >= 4 is 9.24 Å². The van der Waals surface area contributed by atoms with Crippen LogP contribution in [-0.2, 0) is 0 Å². The monoisotopic (exact) mass is 189 g/mol. The Morgan fingerprint density at radius 1 is 0.833 bits per heavy atom. The van der Waals surface area contributed by atoms with Crippen molar-refractivity contribution in [2.75, 3.05) is 0 Å². The summed E-state index contributed by atoms with van der Waals surface area (Å²) < 4.78 is 0. The molecule has 1 heteroatoms. The summed E-state index contributed by atoms with van der Waals surface area (Å²) in [5.41, 5.74) is 0.997. The average Bonchev–Trinajstić information content (AvgIpc) is 2.05. The first-order valence-electron chi connectivity index (χ1n) is 5.64. The highest BCUT2D eigenvalue weighted by Gasteiger charge is 2.03. The molecule has 0 heterocycles. The van der Waals surface area contributed by atoms with Gasteiger partial charge in [0.05, 0.1) is 5.66 Å². The molecule has 0 saturated heterocycles. The van der Waals surface area contributed by atoms with E-state index in [1.54, 1.807) is 0 Å². The van der Waals surface area contributed by atoms with Crippen LogP contribution in [0.5, 0.6) is 0 Å². The maximum Gasteiger partial charge on any atom is 0.0630 e. The van der Waals surface area contributed by atoms with Crippen molar-refractivity contribution in [3.8, 4) is 0 Å². The van der Waals surface area contributed by atoms with Gasteiger partial charge in [-0.2, -0.15) is 0 Å². The Morgan fingerprint density at radius 3 is 2.08 bits per heavy atom. The standard InChI is InChI=1S/C11H25P/c1-3-5-6-7-8-10-11(12)9-4-2/h11H,3-10,12H2,1-2H3/p+1. The first-order valence-corrected chi connectivity index (χ1v) is 6.46. The number of hydrogen-bond acceptors (Lipinski definition) is 0. The first kappa shape index (κ1) is 12.4. The Bertz CT molecular complexity index is 81.1. The fourth-order valence-electron chi connectivity index (χ4n) is 1.59. The third kappa shape index (κ3) is 8.53. The Labute approximate surface area is 80.7 Å². The second-order valence-electron chi connectivity index (χ2n) is 3.86. The Morgan fingerprint density at radius 2 is 1.50 bits per heavy atom. The molecule has 0 aliphatic heterocycles. The summed E-state index contributed by atoms with van der Waals surface area (Å²) in [7, 11) is 2.20. The summed E-state index contributed by atoms with van der Waals surface area (Å²) in [5, 5.41) is 0. The Hall–Kier alpha value is 0.430. The topological polar surface area (TPSA) is 0 Å². The Kier molecular flexibility index (Phi) is 9.86. The largest absolute Gasteiger partial charge is 0.0654 e. The minimum Gasteiger partial charge on any atom is -0.0654 e. The van der Waals surface area contributed by atoms with Gasteiger partial charge in [0, 0.05) is 0 Å². The van der Waals surface area contributed by atoms with Crippen molar-refractivity contribution in [1.82, 2.24) is 0 Å². The van der Waals surface area contributed by atoms with Gasteiger partial charge in [-0.15, -0.1) is 0 Å². The predicted molar refractivity (Wildman–Crippen MR) is 63.2 cm³/mol. The van der Waals surface area contributed by atoms with E-state index in [2.05, 4.69) is 23.1 Å². The molecule has 0 bridgehead atoms. The predicted octanol–water partition coefficient (Wildman–Crippen LogP) is 4.12. The van der Waals surface area contributed by atoms with Crippen LogP contribution in [-0.4, -0.2) is 5.66 Å². The van der Waals surface area contributed by atoms with Crippen LogP contribution in [0, 0.1) is 0 Å². The fraction of sp³-hybridized carbons (Fsp3) is 1.00. The third-order valence-electron chi connectivity index (χ3n) is 2.41. The highest BCUT2D eigenvalue weighted by atomic mass is 31.0. The zero-order chi connectivity index (χ0) is 9.23. The van der Waals surface area contributed by atoms with E-state index in [0.29, 0.717) is 0 Å². The van der Waals surface area contributed by atoms with Crippen LogP contribution in [0.15, 0.2) is 0 Å². The fourth-order valence-corrected chi connectivity index (χ4v) is 2.29. The zero-order valence-corrected chi connectivity index (χ0v) is 10.4. The van der Waals surface area contributed by atoms with Crippen LogP contribution in [0.2, 0.25) is 0 Å². The van der Waals surface area contributed by atoms with Gasteiger partial charge >= 0.3 is 0 Å². The lowest BCUT2D eigenvalue weighted by Gasteiger charge is -2.04. The molecule has 0 saturated carbocycles. The summed E-state index contributed by atoms with van der Waals surface area (Å²) >= 11 is 0. The van der Waals surface area contributed by atoms with Crippen LogP contribution in [0.4, 0.5) is 0 Å². The lowest BCUT2D eigenvalue weighted by Crippen LogP contribution is -1.96. The van der Waals surface area contributed by atoms with E-state index in [9.17, 15) is 0 Å². The van der Waals surface area contributed by atoms with Crippen molar-refractivity contribution in [3.05, 3.63) is 0 Å². The van der Waals surface area contributed by atoms with E-state index < -0.39 is 0 Å². The molecule has 2 unspecified atom stereocenters. The maximum absolute atomic E-state index is 2.29. The highest BCUT2D eigenvalue weighted by molar-refractivity contribution is 7.17. The van der Waals surface area contributed by atoms with Gasteiger partial charge in [-0.3, -0.25) is 0 Å². The summed E-state index contributed by atoms with van der Waals surface area (Å²) in [6.07, 6.45) is 11.5. The molecule has 0 aromatic carbocycles. The van der Waals surface area contributed by atoms with E-state index in [-0.39, 0.29) is 0 Å². The van der Waals surface area contributed by atoms with Crippen LogP contribution >= 0.6 is 9.24 Å². The van der Waals surface area contributed by atoms with Gasteiger partial charge in [-0.05, 0) is 28.5 Å². The van der Waals surface area contributed by atoms with Crippen LogP contribution in [0.1, 0.15) is 65.2 Å². The van der Waals surface area contributed by atoms with Crippen LogP contribution < -0.4 is 0 Å². The van der Waals surface area contributed by atoms with Crippen LogP contribution in [0.3, 0.4) is 0 Å². The SMILES string of the molecule is CCCCCCCC([PH3+])CCC. The smallest absolute Gasteiger partial charge is 0.0630 e. The minimum atomic E-state index is 0.997. The molecule has 74 valence electrons. The molecule has 0 amide bonds. The Balaban J connectivity index is 2.97. The summed E-state index contributed by atoms with van der Waals surface area (Å²) in [4.78, 5) is 0. The van der Waals surface area contributed by atoms with E-state index in [1.165, 1.54) is 51.4 Å². The van der Waals surface area contributed by atoms with E-state index in [0.717, 1.165) is 5.66 Å². The molecule has 0 nitrogen and oxygen atoms in total. The van der Waals surface area contributed by atoms with Crippen molar-refractivity contribution in [2.45, 2.75) is 70.9 Å². The first-order chi connectivity index (χ1) is 5.81. The molecule has 0 radical (unpaired) electrons. The molecule has 0 aromatic heterocycles. The highest BCUT2D eigenvalue weighted by Crippen LogP contribution is 2.16. The molecule has 0 aromatic rings. The number of rotatable bonds is 8. The molecule has 0 fully saturated rings. The molecule has 0 rings (SSSR count). The van der Waals surface area contributed by atoms with Gasteiger partial charge in [0.1, 0.15) is 0 Å².